The van der Waals surface area contributed by atoms with Crippen molar-refractivity contribution in [3.63, 3.8) is 0 Å². The second-order valence-electron chi connectivity index (χ2n) is 7.37. The van der Waals surface area contributed by atoms with Crippen molar-refractivity contribution in [3.05, 3.63) is 125 Å². The SMILES string of the molecule is Cc1ccc(/C=c2/s/c(=C\C(=O)c3ccccc3Cl)n(Cc3ccc(Cl)cc3)c2=O)cc1. The molecule has 0 atom stereocenters. The van der Waals surface area contributed by atoms with Crippen LogP contribution in [0.15, 0.2) is 77.6 Å². The molecule has 0 unspecified atom stereocenters. The van der Waals surface area contributed by atoms with E-state index in [9.17, 15) is 9.59 Å². The molecule has 4 rings (SSSR count). The number of carbonyl (C=O) groups is 1. The standard InChI is InChI=1S/C26H19Cl2NO2S/c1-17-6-8-18(9-7-17)14-24-26(31)29(16-19-10-12-20(27)13-11-19)25(32-24)15-23(30)21-4-2-3-5-22(21)28/h2-15H,16H2,1H3/b24-14+,25-15-. The number of aromatic nitrogens is 1. The van der Waals surface area contributed by atoms with Crippen LogP contribution in [-0.4, -0.2) is 10.4 Å². The Morgan fingerprint density at radius 1 is 0.969 bits per heavy atom. The average molecular weight is 480 g/mol. The first-order valence-corrected chi connectivity index (χ1v) is 11.5. The number of aryl methyl sites for hydroxylation is 1. The highest BCUT2D eigenvalue weighted by atomic mass is 35.5. The molecule has 0 N–H and O–H groups in total. The van der Waals surface area contributed by atoms with Crippen molar-refractivity contribution >= 4 is 52.5 Å². The van der Waals surface area contributed by atoms with Gasteiger partial charge < -0.3 is 0 Å². The van der Waals surface area contributed by atoms with Gasteiger partial charge in [0.1, 0.15) is 4.66 Å². The summed E-state index contributed by atoms with van der Waals surface area (Å²) in [5.41, 5.74) is 3.24. The fourth-order valence-electron chi connectivity index (χ4n) is 3.23. The molecule has 160 valence electrons. The first kappa shape index (κ1) is 22.3. The number of rotatable bonds is 5. The summed E-state index contributed by atoms with van der Waals surface area (Å²) < 4.78 is 2.73. The van der Waals surface area contributed by atoms with Gasteiger partial charge in [0.15, 0.2) is 5.78 Å². The van der Waals surface area contributed by atoms with Crippen molar-refractivity contribution in [2.45, 2.75) is 13.5 Å². The van der Waals surface area contributed by atoms with Gasteiger partial charge in [-0.2, -0.15) is 0 Å². The number of carbonyl (C=O) groups excluding carboxylic acids is 1. The first-order valence-electron chi connectivity index (χ1n) is 9.94. The van der Waals surface area contributed by atoms with Crippen LogP contribution >= 0.6 is 34.5 Å². The first-order chi connectivity index (χ1) is 15.4. The summed E-state index contributed by atoms with van der Waals surface area (Å²) in [6.07, 6.45) is 3.33. The van der Waals surface area contributed by atoms with Crippen LogP contribution in [0, 0.1) is 6.92 Å². The van der Waals surface area contributed by atoms with Crippen LogP contribution in [0.25, 0.3) is 12.2 Å². The third kappa shape index (κ3) is 5.10. The van der Waals surface area contributed by atoms with Crippen LogP contribution in [0.5, 0.6) is 0 Å². The van der Waals surface area contributed by atoms with Crippen molar-refractivity contribution in [2.75, 3.05) is 0 Å². The number of hydrogen-bond acceptors (Lipinski definition) is 3. The van der Waals surface area contributed by atoms with Gasteiger partial charge in [-0.3, -0.25) is 14.2 Å². The Hall–Kier alpha value is -2.92. The molecule has 0 radical (unpaired) electrons. The van der Waals surface area contributed by atoms with Crippen LogP contribution in [0.2, 0.25) is 10.0 Å². The molecule has 0 saturated carbocycles. The fourth-order valence-corrected chi connectivity index (χ4v) is 4.63. The minimum Gasteiger partial charge on any atom is -0.294 e. The monoisotopic (exact) mass is 479 g/mol. The van der Waals surface area contributed by atoms with Gasteiger partial charge >= 0.3 is 0 Å². The molecule has 32 heavy (non-hydrogen) atoms. The molecule has 0 aliphatic carbocycles. The molecule has 1 aromatic heterocycles. The molecule has 0 fully saturated rings. The lowest BCUT2D eigenvalue weighted by Gasteiger charge is -2.03. The van der Waals surface area contributed by atoms with Gasteiger partial charge in [0.25, 0.3) is 5.56 Å². The second kappa shape index (κ2) is 9.70. The van der Waals surface area contributed by atoms with Crippen molar-refractivity contribution in [1.82, 2.24) is 4.57 Å². The smallest absolute Gasteiger partial charge is 0.269 e. The summed E-state index contributed by atoms with van der Waals surface area (Å²) in [4.78, 5) is 26.2. The van der Waals surface area contributed by atoms with Gasteiger partial charge in [-0.05, 0) is 48.4 Å². The molecule has 6 heteroatoms. The van der Waals surface area contributed by atoms with Crippen molar-refractivity contribution < 1.29 is 4.79 Å². The Bertz CT molecular complexity index is 1450. The Morgan fingerprint density at radius 3 is 2.34 bits per heavy atom. The van der Waals surface area contributed by atoms with Crippen molar-refractivity contribution in [1.29, 1.82) is 0 Å². The quantitative estimate of drug-likeness (QED) is 0.375. The number of benzene rings is 3. The molecular formula is C26H19Cl2NO2S. The number of halogens is 2. The molecule has 0 amide bonds. The Balaban J connectivity index is 1.86. The molecular weight excluding hydrogens is 461 g/mol. The van der Waals surface area contributed by atoms with Crippen LogP contribution in [-0.2, 0) is 6.54 Å². The lowest BCUT2D eigenvalue weighted by molar-refractivity contribution is 0.106. The van der Waals surface area contributed by atoms with Gasteiger partial charge in [-0.15, -0.1) is 11.3 Å². The van der Waals surface area contributed by atoms with Gasteiger partial charge in [-0.1, -0.05) is 77.3 Å². The largest absolute Gasteiger partial charge is 0.294 e. The second-order valence-corrected chi connectivity index (χ2v) is 9.27. The Labute approximate surface area is 199 Å². The summed E-state index contributed by atoms with van der Waals surface area (Å²) in [6, 6.07) is 22.1. The van der Waals surface area contributed by atoms with E-state index in [1.165, 1.54) is 17.4 Å². The highest BCUT2D eigenvalue weighted by Gasteiger charge is 2.11. The van der Waals surface area contributed by atoms with Crippen LogP contribution in [0.3, 0.4) is 0 Å². The summed E-state index contributed by atoms with van der Waals surface area (Å²) in [7, 11) is 0. The summed E-state index contributed by atoms with van der Waals surface area (Å²) in [5, 5.41) is 1.00. The molecule has 0 aliphatic rings. The van der Waals surface area contributed by atoms with Crippen LogP contribution in [0.4, 0.5) is 0 Å². The molecule has 4 aromatic rings. The number of Topliss-reactive ketones (excluding diaryl/α,β-unsaturated/α-hetero) is 1. The maximum atomic E-state index is 13.3. The summed E-state index contributed by atoms with van der Waals surface area (Å²) in [6.45, 7) is 2.34. The summed E-state index contributed by atoms with van der Waals surface area (Å²) >= 11 is 13.5. The van der Waals surface area contributed by atoms with E-state index in [0.717, 1.165) is 16.7 Å². The molecule has 0 saturated heterocycles. The van der Waals surface area contributed by atoms with Crippen LogP contribution in [0.1, 0.15) is 27.0 Å². The molecule has 3 nitrogen and oxygen atoms in total. The molecule has 0 aliphatic heterocycles. The van der Waals surface area contributed by atoms with Gasteiger partial charge in [-0.25, -0.2) is 0 Å². The third-order valence-electron chi connectivity index (χ3n) is 4.96. The highest BCUT2D eigenvalue weighted by molar-refractivity contribution is 7.07. The topological polar surface area (TPSA) is 39.1 Å². The zero-order valence-corrected chi connectivity index (χ0v) is 19.5. The minimum atomic E-state index is -0.247. The molecule has 0 bridgehead atoms. The molecule has 3 aromatic carbocycles. The van der Waals surface area contributed by atoms with E-state index in [1.807, 2.05) is 49.4 Å². The maximum Gasteiger partial charge on any atom is 0.269 e. The lowest BCUT2D eigenvalue weighted by Crippen LogP contribution is -2.32. The van der Waals surface area contributed by atoms with E-state index >= 15 is 0 Å². The normalized spacial score (nSPS) is 12.3. The van der Waals surface area contributed by atoms with Gasteiger partial charge in [0, 0.05) is 16.7 Å². The van der Waals surface area contributed by atoms with E-state index in [1.54, 1.807) is 41.0 Å². The van der Waals surface area contributed by atoms with Gasteiger partial charge in [0.05, 0.1) is 16.1 Å². The number of ketones is 1. The molecule has 0 spiro atoms. The lowest BCUT2D eigenvalue weighted by atomic mass is 10.1. The third-order valence-corrected chi connectivity index (χ3v) is 6.60. The Morgan fingerprint density at radius 2 is 1.66 bits per heavy atom. The van der Waals surface area contributed by atoms with Crippen LogP contribution < -0.4 is 14.8 Å². The number of hydrogen-bond donors (Lipinski definition) is 0. The van der Waals surface area contributed by atoms with Gasteiger partial charge in [0.2, 0.25) is 0 Å². The highest BCUT2D eigenvalue weighted by Crippen LogP contribution is 2.16. The van der Waals surface area contributed by atoms with Crippen molar-refractivity contribution in [2.24, 2.45) is 0 Å². The number of thiazole rings is 1. The minimum absolute atomic E-state index is 0.149. The predicted molar refractivity (Wildman–Crippen MR) is 133 cm³/mol. The Kier molecular flexibility index (Phi) is 6.75. The zero-order valence-electron chi connectivity index (χ0n) is 17.2. The fraction of sp³-hybridized carbons (Fsp3) is 0.0769. The van der Waals surface area contributed by atoms with E-state index < -0.39 is 0 Å². The van der Waals surface area contributed by atoms with Crippen molar-refractivity contribution in [3.8, 4) is 0 Å². The number of nitrogens with zero attached hydrogens (tertiary/aromatic N) is 1. The van der Waals surface area contributed by atoms with E-state index in [4.69, 9.17) is 23.2 Å². The predicted octanol–water partition coefficient (Wildman–Crippen LogP) is 5.07. The molecule has 1 heterocycles. The zero-order chi connectivity index (χ0) is 22.7. The van der Waals surface area contributed by atoms with E-state index in [-0.39, 0.29) is 11.3 Å². The maximum absolute atomic E-state index is 13.3. The summed E-state index contributed by atoms with van der Waals surface area (Å²) in [5.74, 6) is -0.247. The van der Waals surface area contributed by atoms with E-state index in [0.29, 0.717) is 31.3 Å². The van der Waals surface area contributed by atoms with E-state index in [2.05, 4.69) is 0 Å². The average Bonchev–Trinajstić information content (AvgIpc) is 3.06.